The normalized spacial score (nSPS) is 17.7. The number of hydrogen-bond donors (Lipinski definition) is 1. The van der Waals surface area contributed by atoms with Crippen molar-refractivity contribution >= 4 is 5.69 Å². The first-order chi connectivity index (χ1) is 7.31. The summed E-state index contributed by atoms with van der Waals surface area (Å²) in [5.41, 5.74) is 7.78. The zero-order valence-electron chi connectivity index (χ0n) is 9.20. The molecule has 1 heterocycles. The number of aromatic nitrogens is 1. The lowest BCUT2D eigenvalue weighted by molar-refractivity contribution is 0.398. The fraction of sp³-hybridized carbons (Fsp3) is 0.583. The molecule has 15 heavy (non-hydrogen) atoms. The van der Waals surface area contributed by atoms with E-state index in [0.717, 1.165) is 0 Å². The molecule has 0 aliphatic heterocycles. The van der Waals surface area contributed by atoms with Crippen LogP contribution in [0.2, 0.25) is 0 Å². The molecule has 0 unspecified atom stereocenters. The molecule has 0 saturated heterocycles. The molecule has 0 radical (unpaired) electrons. The molecule has 1 fully saturated rings. The Bertz CT molecular complexity index is 332. The number of pyridine rings is 1. The van der Waals surface area contributed by atoms with E-state index in [2.05, 4.69) is 4.98 Å². The summed E-state index contributed by atoms with van der Waals surface area (Å²) in [7, 11) is 1.60. The summed E-state index contributed by atoms with van der Waals surface area (Å²) >= 11 is 0. The molecule has 82 valence electrons. The van der Waals surface area contributed by atoms with Crippen LogP contribution in [-0.4, -0.2) is 12.1 Å². The first-order valence-corrected chi connectivity index (χ1v) is 5.60. The highest BCUT2D eigenvalue weighted by atomic mass is 16.5. The molecule has 2 rings (SSSR count). The van der Waals surface area contributed by atoms with Crippen molar-refractivity contribution in [1.29, 1.82) is 0 Å². The zero-order chi connectivity index (χ0) is 10.7. The Morgan fingerprint density at radius 3 is 2.67 bits per heavy atom. The van der Waals surface area contributed by atoms with E-state index in [1.807, 2.05) is 12.3 Å². The van der Waals surface area contributed by atoms with Crippen LogP contribution in [0, 0.1) is 0 Å². The van der Waals surface area contributed by atoms with Gasteiger partial charge in [-0.3, -0.25) is 0 Å². The molecule has 3 nitrogen and oxygen atoms in total. The van der Waals surface area contributed by atoms with Gasteiger partial charge in [-0.1, -0.05) is 19.3 Å². The van der Waals surface area contributed by atoms with Crippen LogP contribution in [-0.2, 0) is 0 Å². The van der Waals surface area contributed by atoms with Gasteiger partial charge in [-0.2, -0.15) is 0 Å². The van der Waals surface area contributed by atoms with Gasteiger partial charge in [0.2, 0.25) is 5.88 Å². The SMILES string of the molecule is COc1ncc(C2CCCCC2)cc1N. The van der Waals surface area contributed by atoms with Crippen LogP contribution in [0.1, 0.15) is 43.6 Å². The molecule has 1 aliphatic rings. The Labute approximate surface area is 90.7 Å². The standard InChI is InChI=1S/C12H18N2O/c1-15-12-11(13)7-10(8-14-12)9-5-3-2-4-6-9/h7-9H,2-6,13H2,1H3. The van der Waals surface area contributed by atoms with Gasteiger partial charge in [-0.05, 0) is 30.4 Å². The Morgan fingerprint density at radius 2 is 2.07 bits per heavy atom. The van der Waals surface area contributed by atoms with E-state index >= 15 is 0 Å². The highest BCUT2D eigenvalue weighted by Crippen LogP contribution is 2.34. The van der Waals surface area contributed by atoms with Gasteiger partial charge in [0.1, 0.15) is 0 Å². The summed E-state index contributed by atoms with van der Waals surface area (Å²) in [6, 6.07) is 2.02. The third-order valence-electron chi connectivity index (χ3n) is 3.17. The average Bonchev–Trinajstić information content (AvgIpc) is 2.30. The average molecular weight is 206 g/mol. The third-order valence-corrected chi connectivity index (χ3v) is 3.17. The van der Waals surface area contributed by atoms with Crippen molar-refractivity contribution in [2.24, 2.45) is 0 Å². The molecule has 0 atom stereocenters. The third kappa shape index (κ3) is 2.22. The fourth-order valence-electron chi connectivity index (χ4n) is 2.32. The van der Waals surface area contributed by atoms with E-state index < -0.39 is 0 Å². The summed E-state index contributed by atoms with van der Waals surface area (Å²) in [5, 5.41) is 0. The van der Waals surface area contributed by atoms with Crippen molar-refractivity contribution in [2.75, 3.05) is 12.8 Å². The molecule has 3 heteroatoms. The molecule has 1 aromatic rings. The molecular formula is C12H18N2O. The predicted octanol–water partition coefficient (Wildman–Crippen LogP) is 2.72. The monoisotopic (exact) mass is 206 g/mol. The van der Waals surface area contributed by atoms with E-state index in [4.69, 9.17) is 10.5 Å². The summed E-state index contributed by atoms with van der Waals surface area (Å²) in [5.74, 6) is 1.19. The fourth-order valence-corrected chi connectivity index (χ4v) is 2.32. The van der Waals surface area contributed by atoms with Crippen LogP contribution in [0.3, 0.4) is 0 Å². The van der Waals surface area contributed by atoms with Crippen molar-refractivity contribution in [3.63, 3.8) is 0 Å². The molecule has 0 amide bonds. The maximum Gasteiger partial charge on any atom is 0.236 e. The lowest BCUT2D eigenvalue weighted by atomic mass is 9.85. The Morgan fingerprint density at radius 1 is 1.33 bits per heavy atom. The first kappa shape index (κ1) is 10.3. The van der Waals surface area contributed by atoms with Crippen LogP contribution < -0.4 is 10.5 Å². The Balaban J connectivity index is 2.17. The number of rotatable bonds is 2. The van der Waals surface area contributed by atoms with Crippen LogP contribution >= 0.6 is 0 Å². The van der Waals surface area contributed by atoms with E-state index in [-0.39, 0.29) is 0 Å². The second kappa shape index (κ2) is 4.51. The van der Waals surface area contributed by atoms with Gasteiger partial charge in [0, 0.05) is 6.20 Å². The highest BCUT2D eigenvalue weighted by molar-refractivity contribution is 5.50. The van der Waals surface area contributed by atoms with E-state index in [1.54, 1.807) is 7.11 Å². The molecule has 2 N–H and O–H groups in total. The van der Waals surface area contributed by atoms with Crippen LogP contribution in [0.15, 0.2) is 12.3 Å². The summed E-state index contributed by atoms with van der Waals surface area (Å²) in [6.45, 7) is 0. The maximum atomic E-state index is 5.85. The number of nitrogens with zero attached hydrogens (tertiary/aromatic N) is 1. The van der Waals surface area contributed by atoms with Gasteiger partial charge in [-0.15, -0.1) is 0 Å². The molecule has 0 aromatic carbocycles. The molecule has 1 aromatic heterocycles. The second-order valence-corrected chi connectivity index (χ2v) is 4.20. The van der Waals surface area contributed by atoms with Crippen LogP contribution in [0.5, 0.6) is 5.88 Å². The van der Waals surface area contributed by atoms with Gasteiger partial charge in [-0.25, -0.2) is 4.98 Å². The summed E-state index contributed by atoms with van der Waals surface area (Å²) in [6.07, 6.45) is 8.48. The van der Waals surface area contributed by atoms with Gasteiger partial charge in [0.15, 0.2) is 0 Å². The summed E-state index contributed by atoms with van der Waals surface area (Å²) < 4.78 is 5.05. The topological polar surface area (TPSA) is 48.1 Å². The summed E-state index contributed by atoms with van der Waals surface area (Å²) in [4.78, 5) is 4.22. The first-order valence-electron chi connectivity index (χ1n) is 5.60. The molecule has 0 spiro atoms. The number of nitrogen functional groups attached to an aromatic ring is 1. The quantitative estimate of drug-likeness (QED) is 0.809. The minimum absolute atomic E-state index is 0.537. The predicted molar refractivity (Wildman–Crippen MR) is 61.0 cm³/mol. The highest BCUT2D eigenvalue weighted by Gasteiger charge is 2.16. The molecule has 0 bridgehead atoms. The van der Waals surface area contributed by atoms with Gasteiger partial charge in [0.25, 0.3) is 0 Å². The minimum Gasteiger partial charge on any atom is -0.480 e. The Hall–Kier alpha value is -1.25. The van der Waals surface area contributed by atoms with Gasteiger partial charge < -0.3 is 10.5 Å². The Kier molecular flexibility index (Phi) is 3.09. The number of methoxy groups -OCH3 is 1. The number of nitrogens with two attached hydrogens (primary N) is 1. The van der Waals surface area contributed by atoms with E-state index in [0.29, 0.717) is 17.5 Å². The van der Waals surface area contributed by atoms with Crippen LogP contribution in [0.25, 0.3) is 0 Å². The number of ether oxygens (including phenoxy) is 1. The lowest BCUT2D eigenvalue weighted by Gasteiger charge is -2.22. The zero-order valence-corrected chi connectivity index (χ0v) is 9.20. The number of hydrogen-bond acceptors (Lipinski definition) is 3. The largest absolute Gasteiger partial charge is 0.480 e. The molecule has 1 saturated carbocycles. The maximum absolute atomic E-state index is 5.85. The van der Waals surface area contributed by atoms with Crippen molar-refractivity contribution in [2.45, 2.75) is 38.0 Å². The van der Waals surface area contributed by atoms with Crippen LogP contribution in [0.4, 0.5) is 5.69 Å². The van der Waals surface area contributed by atoms with E-state index in [9.17, 15) is 0 Å². The molecule has 1 aliphatic carbocycles. The number of anilines is 1. The van der Waals surface area contributed by atoms with Crippen molar-refractivity contribution in [3.05, 3.63) is 17.8 Å². The van der Waals surface area contributed by atoms with Crippen molar-refractivity contribution < 1.29 is 4.74 Å². The van der Waals surface area contributed by atoms with Crippen molar-refractivity contribution in [3.8, 4) is 5.88 Å². The van der Waals surface area contributed by atoms with Gasteiger partial charge in [0.05, 0.1) is 12.8 Å². The lowest BCUT2D eigenvalue weighted by Crippen LogP contribution is -2.06. The minimum atomic E-state index is 0.537. The van der Waals surface area contributed by atoms with Crippen molar-refractivity contribution in [1.82, 2.24) is 4.98 Å². The van der Waals surface area contributed by atoms with Gasteiger partial charge >= 0.3 is 0 Å². The molecular weight excluding hydrogens is 188 g/mol. The second-order valence-electron chi connectivity index (χ2n) is 4.20. The smallest absolute Gasteiger partial charge is 0.236 e. The van der Waals surface area contributed by atoms with E-state index in [1.165, 1.54) is 37.7 Å².